The Kier molecular flexibility index (Phi) is 3.05. The summed E-state index contributed by atoms with van der Waals surface area (Å²) in [5.74, 6) is 0.539. The third-order valence-electron chi connectivity index (χ3n) is 1.73. The molecule has 4 heteroatoms. The number of pyridine rings is 1. The minimum Gasteiger partial charge on any atom is -0.383 e. The molecule has 1 heterocycles. The molecule has 0 fully saturated rings. The van der Waals surface area contributed by atoms with Gasteiger partial charge < -0.3 is 10.5 Å². The second-order valence-corrected chi connectivity index (χ2v) is 3.38. The quantitative estimate of drug-likeness (QED) is 0.845. The summed E-state index contributed by atoms with van der Waals surface area (Å²) in [6.45, 7) is 2.49. The molecule has 1 rings (SSSR count). The van der Waals surface area contributed by atoms with E-state index in [1.54, 1.807) is 13.3 Å². The van der Waals surface area contributed by atoms with Crippen LogP contribution in [0.1, 0.15) is 11.1 Å². The SMILES string of the molecule is COCc1c(N)ncc(Br)c1C. The van der Waals surface area contributed by atoms with E-state index < -0.39 is 0 Å². The Bertz CT molecular complexity index is 289. The standard InChI is InChI=1S/C8H11BrN2O/c1-5-6(4-12-2)8(10)11-3-7(5)9/h3H,4H2,1-2H3,(H2,10,11). The smallest absolute Gasteiger partial charge is 0.129 e. The van der Waals surface area contributed by atoms with Gasteiger partial charge in [0.2, 0.25) is 0 Å². The summed E-state index contributed by atoms with van der Waals surface area (Å²) in [6, 6.07) is 0. The summed E-state index contributed by atoms with van der Waals surface area (Å²) in [5, 5.41) is 0. The number of hydrogen-bond acceptors (Lipinski definition) is 3. The lowest BCUT2D eigenvalue weighted by molar-refractivity contribution is 0.184. The number of nitrogen functional groups attached to an aromatic ring is 1. The van der Waals surface area contributed by atoms with Gasteiger partial charge in [0.1, 0.15) is 5.82 Å². The molecule has 0 amide bonds. The zero-order valence-electron chi connectivity index (χ0n) is 7.10. The average Bonchev–Trinajstić information content (AvgIpc) is 2.06. The molecule has 0 saturated heterocycles. The molecule has 0 bridgehead atoms. The molecule has 0 spiro atoms. The summed E-state index contributed by atoms with van der Waals surface area (Å²) < 4.78 is 5.97. The predicted octanol–water partition coefficient (Wildman–Crippen LogP) is 1.88. The number of anilines is 1. The molecule has 3 nitrogen and oxygen atoms in total. The maximum absolute atomic E-state index is 5.66. The van der Waals surface area contributed by atoms with Crippen LogP contribution in [0.4, 0.5) is 5.82 Å². The fourth-order valence-electron chi connectivity index (χ4n) is 0.964. The largest absolute Gasteiger partial charge is 0.383 e. The Morgan fingerprint density at radius 1 is 1.67 bits per heavy atom. The van der Waals surface area contributed by atoms with Crippen molar-refractivity contribution in [3.8, 4) is 0 Å². The van der Waals surface area contributed by atoms with Crippen molar-refractivity contribution in [3.05, 3.63) is 21.8 Å². The highest BCUT2D eigenvalue weighted by Crippen LogP contribution is 2.22. The van der Waals surface area contributed by atoms with E-state index in [0.717, 1.165) is 15.6 Å². The maximum atomic E-state index is 5.66. The molecular weight excluding hydrogens is 220 g/mol. The van der Waals surface area contributed by atoms with Crippen molar-refractivity contribution in [1.29, 1.82) is 0 Å². The summed E-state index contributed by atoms with van der Waals surface area (Å²) >= 11 is 3.38. The first-order chi connectivity index (χ1) is 5.66. The van der Waals surface area contributed by atoms with E-state index in [9.17, 15) is 0 Å². The van der Waals surface area contributed by atoms with Crippen LogP contribution in [0.5, 0.6) is 0 Å². The van der Waals surface area contributed by atoms with Gasteiger partial charge in [-0.25, -0.2) is 4.98 Å². The van der Waals surface area contributed by atoms with E-state index in [1.165, 1.54) is 0 Å². The average molecular weight is 231 g/mol. The number of rotatable bonds is 2. The molecule has 1 aromatic rings. The number of aromatic nitrogens is 1. The van der Waals surface area contributed by atoms with Crippen molar-refractivity contribution in [2.75, 3.05) is 12.8 Å². The second-order valence-electron chi connectivity index (χ2n) is 2.53. The Balaban J connectivity index is 3.14. The summed E-state index contributed by atoms with van der Waals surface area (Å²) in [7, 11) is 1.64. The van der Waals surface area contributed by atoms with E-state index in [4.69, 9.17) is 10.5 Å². The summed E-state index contributed by atoms with van der Waals surface area (Å²) in [4.78, 5) is 4.01. The lowest BCUT2D eigenvalue weighted by Crippen LogP contribution is -2.02. The topological polar surface area (TPSA) is 48.1 Å². The van der Waals surface area contributed by atoms with Crippen LogP contribution in [0, 0.1) is 6.92 Å². The highest BCUT2D eigenvalue weighted by atomic mass is 79.9. The van der Waals surface area contributed by atoms with Crippen molar-refractivity contribution in [2.24, 2.45) is 0 Å². The highest BCUT2D eigenvalue weighted by Gasteiger charge is 2.06. The van der Waals surface area contributed by atoms with E-state index in [1.807, 2.05) is 6.92 Å². The number of methoxy groups -OCH3 is 1. The fraction of sp³-hybridized carbons (Fsp3) is 0.375. The van der Waals surface area contributed by atoms with Gasteiger partial charge in [-0.15, -0.1) is 0 Å². The van der Waals surface area contributed by atoms with Gasteiger partial charge in [0.25, 0.3) is 0 Å². The molecular formula is C8H11BrN2O. The number of nitrogens with zero attached hydrogens (tertiary/aromatic N) is 1. The Morgan fingerprint density at radius 3 is 2.92 bits per heavy atom. The number of ether oxygens (including phenoxy) is 1. The lowest BCUT2D eigenvalue weighted by Gasteiger charge is -2.08. The lowest BCUT2D eigenvalue weighted by atomic mass is 10.1. The zero-order chi connectivity index (χ0) is 9.14. The molecule has 2 N–H and O–H groups in total. The molecule has 12 heavy (non-hydrogen) atoms. The van der Waals surface area contributed by atoms with Crippen LogP contribution in [0.25, 0.3) is 0 Å². The van der Waals surface area contributed by atoms with Crippen LogP contribution in [-0.4, -0.2) is 12.1 Å². The van der Waals surface area contributed by atoms with Gasteiger partial charge in [-0.2, -0.15) is 0 Å². The van der Waals surface area contributed by atoms with Gasteiger partial charge in [-0.3, -0.25) is 0 Å². The van der Waals surface area contributed by atoms with Crippen molar-refractivity contribution in [2.45, 2.75) is 13.5 Å². The van der Waals surface area contributed by atoms with Crippen LogP contribution >= 0.6 is 15.9 Å². The Morgan fingerprint density at radius 2 is 2.33 bits per heavy atom. The van der Waals surface area contributed by atoms with Crippen molar-refractivity contribution in [3.63, 3.8) is 0 Å². The van der Waals surface area contributed by atoms with E-state index in [0.29, 0.717) is 12.4 Å². The van der Waals surface area contributed by atoms with Crippen LogP contribution in [-0.2, 0) is 11.3 Å². The van der Waals surface area contributed by atoms with E-state index in [2.05, 4.69) is 20.9 Å². The van der Waals surface area contributed by atoms with Crippen molar-refractivity contribution >= 4 is 21.7 Å². The van der Waals surface area contributed by atoms with Gasteiger partial charge >= 0.3 is 0 Å². The van der Waals surface area contributed by atoms with Crippen molar-refractivity contribution in [1.82, 2.24) is 4.98 Å². The Hall–Kier alpha value is -0.610. The predicted molar refractivity (Wildman–Crippen MR) is 51.8 cm³/mol. The first kappa shape index (κ1) is 9.48. The van der Waals surface area contributed by atoms with E-state index >= 15 is 0 Å². The van der Waals surface area contributed by atoms with Gasteiger partial charge in [0, 0.05) is 23.3 Å². The molecule has 66 valence electrons. The molecule has 0 atom stereocenters. The number of hydrogen-bond donors (Lipinski definition) is 1. The number of nitrogens with two attached hydrogens (primary N) is 1. The van der Waals surface area contributed by atoms with Crippen molar-refractivity contribution < 1.29 is 4.74 Å². The third kappa shape index (κ3) is 1.76. The molecule has 1 aromatic heterocycles. The van der Waals surface area contributed by atoms with Crippen LogP contribution < -0.4 is 5.73 Å². The summed E-state index contributed by atoms with van der Waals surface area (Å²) in [6.07, 6.45) is 1.70. The van der Waals surface area contributed by atoms with Gasteiger partial charge in [0.05, 0.1) is 6.61 Å². The van der Waals surface area contributed by atoms with Crippen LogP contribution in [0.15, 0.2) is 10.7 Å². The molecule has 0 saturated carbocycles. The normalized spacial score (nSPS) is 10.2. The van der Waals surface area contributed by atoms with E-state index in [-0.39, 0.29) is 0 Å². The minimum atomic E-state index is 0.504. The first-order valence-corrected chi connectivity index (χ1v) is 4.34. The summed E-state index contributed by atoms with van der Waals surface area (Å²) in [5.41, 5.74) is 7.70. The molecule has 0 radical (unpaired) electrons. The first-order valence-electron chi connectivity index (χ1n) is 3.55. The number of halogens is 1. The molecule has 0 aliphatic heterocycles. The van der Waals surface area contributed by atoms with Gasteiger partial charge in [-0.05, 0) is 28.4 Å². The molecule has 0 aliphatic rings. The highest BCUT2D eigenvalue weighted by molar-refractivity contribution is 9.10. The maximum Gasteiger partial charge on any atom is 0.129 e. The van der Waals surface area contributed by atoms with Gasteiger partial charge in [0.15, 0.2) is 0 Å². The van der Waals surface area contributed by atoms with Crippen LogP contribution in [0.2, 0.25) is 0 Å². The van der Waals surface area contributed by atoms with Crippen LogP contribution in [0.3, 0.4) is 0 Å². The minimum absolute atomic E-state index is 0.504. The fourth-order valence-corrected chi connectivity index (χ4v) is 1.31. The third-order valence-corrected chi connectivity index (χ3v) is 2.53. The monoisotopic (exact) mass is 230 g/mol. The molecule has 0 aliphatic carbocycles. The van der Waals surface area contributed by atoms with Gasteiger partial charge in [-0.1, -0.05) is 0 Å². The second kappa shape index (κ2) is 3.87. The Labute approximate surface area is 80.1 Å². The molecule has 0 aromatic carbocycles. The molecule has 0 unspecified atom stereocenters. The zero-order valence-corrected chi connectivity index (χ0v) is 8.68.